The van der Waals surface area contributed by atoms with Crippen molar-refractivity contribution in [2.24, 2.45) is 0 Å². The van der Waals surface area contributed by atoms with Crippen molar-refractivity contribution in [2.45, 2.75) is 18.7 Å². The van der Waals surface area contributed by atoms with Crippen LogP contribution in [0, 0.1) is 5.82 Å². The second-order valence-electron chi connectivity index (χ2n) is 3.34. The zero-order valence-corrected chi connectivity index (χ0v) is 11.1. The van der Waals surface area contributed by atoms with Crippen LogP contribution in [0.3, 0.4) is 0 Å². The van der Waals surface area contributed by atoms with E-state index in [1.165, 1.54) is 12.1 Å². The molecule has 1 unspecified atom stereocenters. The lowest BCUT2D eigenvalue weighted by molar-refractivity contribution is 0.0949. The first-order valence-corrected chi connectivity index (χ1v) is 6.14. The van der Waals surface area contributed by atoms with E-state index in [1.807, 2.05) is 6.92 Å². The van der Waals surface area contributed by atoms with Gasteiger partial charge in [0.1, 0.15) is 5.82 Å². The Bertz CT molecular complexity index is 386. The smallest absolute Gasteiger partial charge is 0.254 e. The monoisotopic (exact) mass is 307 g/mol. The molecule has 1 amide bonds. The largest absolute Gasteiger partial charge is 0.350 e. The summed E-state index contributed by atoms with van der Waals surface area (Å²) >= 11 is 8.97. The fourth-order valence-electron chi connectivity index (χ4n) is 1.12. The summed E-state index contributed by atoms with van der Waals surface area (Å²) in [6.45, 7) is 2.26. The van der Waals surface area contributed by atoms with E-state index in [1.54, 1.807) is 6.07 Å². The highest BCUT2D eigenvalue weighted by Crippen LogP contribution is 2.15. The molecular weight excluding hydrogens is 296 g/mol. The SMILES string of the molecule is CCC(Cl)CNC(=O)c1ccc(Br)cc1F. The van der Waals surface area contributed by atoms with Crippen molar-refractivity contribution in [1.82, 2.24) is 5.32 Å². The Morgan fingerprint density at radius 3 is 2.88 bits per heavy atom. The van der Waals surface area contributed by atoms with Gasteiger partial charge in [-0.15, -0.1) is 11.6 Å². The maximum atomic E-state index is 13.4. The predicted molar refractivity (Wildman–Crippen MR) is 66.4 cm³/mol. The number of carbonyl (C=O) groups is 1. The summed E-state index contributed by atoms with van der Waals surface area (Å²) < 4.78 is 14.0. The van der Waals surface area contributed by atoms with Crippen LogP contribution in [0.15, 0.2) is 22.7 Å². The van der Waals surface area contributed by atoms with E-state index >= 15 is 0 Å². The summed E-state index contributed by atoms with van der Waals surface area (Å²) in [5.74, 6) is -0.987. The van der Waals surface area contributed by atoms with Gasteiger partial charge in [-0.1, -0.05) is 22.9 Å². The third kappa shape index (κ3) is 3.76. The maximum Gasteiger partial charge on any atom is 0.254 e. The van der Waals surface area contributed by atoms with Crippen molar-refractivity contribution in [2.75, 3.05) is 6.54 Å². The minimum atomic E-state index is -0.547. The molecule has 0 fully saturated rings. The average Bonchev–Trinajstić information content (AvgIpc) is 2.25. The molecule has 5 heteroatoms. The van der Waals surface area contributed by atoms with Crippen LogP contribution in [0.2, 0.25) is 0 Å². The molecule has 0 saturated carbocycles. The molecule has 0 aliphatic rings. The van der Waals surface area contributed by atoms with Crippen molar-refractivity contribution in [3.63, 3.8) is 0 Å². The number of alkyl halides is 1. The van der Waals surface area contributed by atoms with Crippen molar-refractivity contribution < 1.29 is 9.18 Å². The Balaban J connectivity index is 2.66. The van der Waals surface area contributed by atoms with Crippen molar-refractivity contribution in [1.29, 1.82) is 0 Å². The van der Waals surface area contributed by atoms with Crippen LogP contribution in [-0.2, 0) is 0 Å². The van der Waals surface area contributed by atoms with Crippen LogP contribution in [0.5, 0.6) is 0 Å². The molecule has 0 radical (unpaired) electrons. The molecule has 1 N–H and O–H groups in total. The summed E-state index contributed by atoms with van der Waals surface area (Å²) in [6, 6.07) is 4.31. The standard InChI is InChI=1S/C11H12BrClFNO/c1-2-8(13)6-15-11(16)9-4-3-7(12)5-10(9)14/h3-5,8H,2,6H2,1H3,(H,15,16). The van der Waals surface area contributed by atoms with Crippen LogP contribution < -0.4 is 5.32 Å². The Hall–Kier alpha value is -0.610. The third-order valence-corrected chi connectivity index (χ3v) is 3.06. The van der Waals surface area contributed by atoms with Gasteiger partial charge in [-0.25, -0.2) is 4.39 Å². The molecule has 88 valence electrons. The number of benzene rings is 1. The number of halogens is 3. The van der Waals surface area contributed by atoms with Crippen molar-refractivity contribution >= 4 is 33.4 Å². The molecule has 0 aliphatic heterocycles. The van der Waals surface area contributed by atoms with E-state index < -0.39 is 11.7 Å². The third-order valence-electron chi connectivity index (χ3n) is 2.10. The summed E-state index contributed by atoms with van der Waals surface area (Å²) in [4.78, 5) is 11.6. The molecule has 1 aromatic carbocycles. The second-order valence-corrected chi connectivity index (χ2v) is 4.87. The van der Waals surface area contributed by atoms with Crippen LogP contribution in [-0.4, -0.2) is 17.8 Å². The highest BCUT2D eigenvalue weighted by molar-refractivity contribution is 9.10. The lowest BCUT2D eigenvalue weighted by Crippen LogP contribution is -2.30. The summed E-state index contributed by atoms with van der Waals surface area (Å²) in [6.07, 6.45) is 0.755. The molecule has 0 aliphatic carbocycles. The Morgan fingerprint density at radius 1 is 1.62 bits per heavy atom. The van der Waals surface area contributed by atoms with E-state index in [0.717, 1.165) is 6.42 Å². The first kappa shape index (κ1) is 13.5. The van der Waals surface area contributed by atoms with Gasteiger partial charge in [-0.05, 0) is 24.6 Å². The molecule has 0 aromatic heterocycles. The molecule has 1 aromatic rings. The van der Waals surface area contributed by atoms with Gasteiger partial charge < -0.3 is 5.32 Å². The molecule has 0 saturated heterocycles. The van der Waals surface area contributed by atoms with Gasteiger partial charge >= 0.3 is 0 Å². The van der Waals surface area contributed by atoms with Gasteiger partial charge in [-0.2, -0.15) is 0 Å². The second kappa shape index (κ2) is 6.21. The van der Waals surface area contributed by atoms with Crippen LogP contribution in [0.1, 0.15) is 23.7 Å². The summed E-state index contributed by atoms with van der Waals surface area (Å²) in [5, 5.41) is 2.46. The maximum absolute atomic E-state index is 13.4. The Morgan fingerprint density at radius 2 is 2.31 bits per heavy atom. The lowest BCUT2D eigenvalue weighted by Gasteiger charge is -2.09. The molecule has 16 heavy (non-hydrogen) atoms. The molecule has 2 nitrogen and oxygen atoms in total. The van der Waals surface area contributed by atoms with E-state index in [2.05, 4.69) is 21.2 Å². The van der Waals surface area contributed by atoms with Gasteiger partial charge in [-0.3, -0.25) is 4.79 Å². The van der Waals surface area contributed by atoms with Crippen LogP contribution in [0.25, 0.3) is 0 Å². The van der Waals surface area contributed by atoms with Crippen molar-refractivity contribution in [3.8, 4) is 0 Å². The number of nitrogens with one attached hydrogen (secondary N) is 1. The molecule has 0 heterocycles. The zero-order valence-electron chi connectivity index (χ0n) is 8.77. The molecule has 1 rings (SSSR count). The van der Waals surface area contributed by atoms with Gasteiger partial charge in [0.15, 0.2) is 0 Å². The minimum Gasteiger partial charge on any atom is -0.350 e. The highest BCUT2D eigenvalue weighted by Gasteiger charge is 2.12. The van der Waals surface area contributed by atoms with Gasteiger partial charge in [0.05, 0.1) is 10.9 Å². The zero-order chi connectivity index (χ0) is 12.1. The highest BCUT2D eigenvalue weighted by atomic mass is 79.9. The first-order valence-electron chi connectivity index (χ1n) is 4.92. The summed E-state index contributed by atoms with van der Waals surface area (Å²) in [7, 11) is 0. The van der Waals surface area contributed by atoms with Gasteiger partial charge in [0.25, 0.3) is 5.91 Å². The first-order chi connectivity index (χ1) is 7.54. The van der Waals surface area contributed by atoms with Gasteiger partial charge in [0.2, 0.25) is 0 Å². The molecule has 0 bridgehead atoms. The van der Waals surface area contributed by atoms with E-state index in [-0.39, 0.29) is 10.9 Å². The van der Waals surface area contributed by atoms with Crippen LogP contribution in [0.4, 0.5) is 4.39 Å². The predicted octanol–water partition coefficient (Wildman–Crippen LogP) is 3.34. The average molecular weight is 309 g/mol. The number of rotatable bonds is 4. The van der Waals surface area contributed by atoms with E-state index in [4.69, 9.17) is 11.6 Å². The fraction of sp³-hybridized carbons (Fsp3) is 0.364. The Kier molecular flexibility index (Phi) is 5.22. The molecule has 1 atom stereocenters. The number of hydrogen-bond donors (Lipinski definition) is 1. The Labute approximate surface area is 107 Å². The molecular formula is C11H12BrClFNO. The topological polar surface area (TPSA) is 29.1 Å². The minimum absolute atomic E-state index is 0.0307. The van der Waals surface area contributed by atoms with Crippen molar-refractivity contribution in [3.05, 3.63) is 34.1 Å². The normalized spacial score (nSPS) is 12.2. The lowest BCUT2D eigenvalue weighted by atomic mass is 10.2. The van der Waals surface area contributed by atoms with E-state index in [9.17, 15) is 9.18 Å². The number of amides is 1. The molecule has 0 spiro atoms. The van der Waals surface area contributed by atoms with Gasteiger partial charge in [0, 0.05) is 11.0 Å². The van der Waals surface area contributed by atoms with Crippen LogP contribution >= 0.6 is 27.5 Å². The fourth-order valence-corrected chi connectivity index (χ4v) is 1.53. The number of hydrogen-bond acceptors (Lipinski definition) is 1. The quantitative estimate of drug-likeness (QED) is 0.849. The number of carbonyl (C=O) groups excluding carboxylic acids is 1. The van der Waals surface area contributed by atoms with E-state index in [0.29, 0.717) is 11.0 Å². The summed E-state index contributed by atoms with van der Waals surface area (Å²) in [5.41, 5.74) is 0.0307.